The lowest BCUT2D eigenvalue weighted by Gasteiger charge is -2.35. The van der Waals surface area contributed by atoms with E-state index in [0.717, 1.165) is 43.9 Å². The van der Waals surface area contributed by atoms with Gasteiger partial charge in [0, 0.05) is 32.7 Å². The topological polar surface area (TPSA) is 32.8 Å². The molecule has 144 valence electrons. The molecule has 0 spiro atoms. The van der Waals surface area contributed by atoms with E-state index >= 15 is 0 Å². The van der Waals surface area contributed by atoms with E-state index in [0.29, 0.717) is 6.61 Å². The minimum atomic E-state index is -0.447. The van der Waals surface area contributed by atoms with Crippen LogP contribution in [-0.4, -0.2) is 60.4 Å². The molecule has 2 aromatic carbocycles. The van der Waals surface area contributed by atoms with E-state index in [1.807, 2.05) is 41.3 Å². The maximum atomic E-state index is 12.0. The fourth-order valence-corrected chi connectivity index (χ4v) is 3.52. The molecule has 0 aliphatic carbocycles. The summed E-state index contributed by atoms with van der Waals surface area (Å²) in [6.07, 6.45) is -0.0626. The van der Waals surface area contributed by atoms with E-state index in [1.54, 1.807) is 6.92 Å². The fraction of sp³-hybridized carbons (Fsp3) is 0.409. The predicted octanol–water partition coefficient (Wildman–Crippen LogP) is 3.56. The van der Waals surface area contributed by atoms with E-state index in [-0.39, 0.29) is 12.0 Å². The van der Waals surface area contributed by atoms with Gasteiger partial charge in [0.2, 0.25) is 5.91 Å². The van der Waals surface area contributed by atoms with Crippen molar-refractivity contribution in [3.05, 3.63) is 71.8 Å². The average molecular weight is 387 g/mol. The van der Waals surface area contributed by atoms with Crippen LogP contribution in [0.2, 0.25) is 0 Å². The summed E-state index contributed by atoms with van der Waals surface area (Å²) >= 11 is 5.91. The van der Waals surface area contributed by atoms with Crippen LogP contribution < -0.4 is 0 Å². The Hall–Kier alpha value is -1.88. The van der Waals surface area contributed by atoms with Gasteiger partial charge in [0.05, 0.1) is 6.61 Å². The summed E-state index contributed by atoms with van der Waals surface area (Å²) in [6, 6.07) is 20.6. The standard InChI is InChI=1S/C22H27ClN2O2/c1-18(23)22(26)25-14-12-24(13-15-25)16-17-27-21(19-8-4-2-5-9-19)20-10-6-3-7-11-20/h2-11,18,21H,12-17H2,1H3. The summed E-state index contributed by atoms with van der Waals surface area (Å²) in [6.45, 7) is 6.42. The van der Waals surface area contributed by atoms with Crippen LogP contribution in [0.5, 0.6) is 0 Å². The number of piperazine rings is 1. The molecule has 0 radical (unpaired) electrons. The Morgan fingerprint density at radius 3 is 1.96 bits per heavy atom. The summed E-state index contributed by atoms with van der Waals surface area (Å²) < 4.78 is 6.29. The Kier molecular flexibility index (Phi) is 7.27. The van der Waals surface area contributed by atoms with Crippen molar-refractivity contribution < 1.29 is 9.53 Å². The molecular formula is C22H27ClN2O2. The minimum absolute atomic E-state index is 0.0285. The van der Waals surface area contributed by atoms with E-state index in [9.17, 15) is 4.79 Å². The number of benzene rings is 2. The molecule has 1 atom stereocenters. The quantitative estimate of drug-likeness (QED) is 0.682. The first-order chi connectivity index (χ1) is 13.1. The van der Waals surface area contributed by atoms with E-state index < -0.39 is 5.38 Å². The van der Waals surface area contributed by atoms with Crippen molar-refractivity contribution in [1.29, 1.82) is 0 Å². The summed E-state index contributed by atoms with van der Waals surface area (Å²) in [5, 5.41) is -0.447. The number of hydrogen-bond donors (Lipinski definition) is 0. The lowest BCUT2D eigenvalue weighted by Crippen LogP contribution is -2.50. The predicted molar refractivity (Wildman–Crippen MR) is 109 cm³/mol. The van der Waals surface area contributed by atoms with Crippen LogP contribution in [0, 0.1) is 0 Å². The third-order valence-electron chi connectivity index (χ3n) is 4.92. The largest absolute Gasteiger partial charge is 0.367 e. The number of rotatable bonds is 7. The van der Waals surface area contributed by atoms with Crippen LogP contribution in [0.15, 0.2) is 60.7 Å². The Balaban J connectivity index is 1.53. The molecular weight excluding hydrogens is 360 g/mol. The zero-order chi connectivity index (χ0) is 19.1. The Labute approximate surface area is 166 Å². The van der Waals surface area contributed by atoms with Crippen molar-refractivity contribution in [3.63, 3.8) is 0 Å². The molecule has 0 saturated carbocycles. The minimum Gasteiger partial charge on any atom is -0.367 e. The number of ether oxygens (including phenoxy) is 1. The molecule has 4 nitrogen and oxygen atoms in total. The number of amides is 1. The van der Waals surface area contributed by atoms with Gasteiger partial charge in [0.25, 0.3) is 0 Å². The average Bonchev–Trinajstić information content (AvgIpc) is 2.72. The molecule has 1 heterocycles. The number of hydrogen-bond acceptors (Lipinski definition) is 3. The molecule has 27 heavy (non-hydrogen) atoms. The number of carbonyl (C=O) groups excluding carboxylic acids is 1. The van der Waals surface area contributed by atoms with Crippen molar-refractivity contribution in [2.24, 2.45) is 0 Å². The molecule has 1 fully saturated rings. The summed E-state index contributed by atoms with van der Waals surface area (Å²) in [4.78, 5) is 16.2. The molecule has 1 unspecified atom stereocenters. The molecule has 2 aromatic rings. The molecule has 0 bridgehead atoms. The molecule has 1 aliphatic rings. The maximum absolute atomic E-state index is 12.0. The molecule has 0 aromatic heterocycles. The highest BCUT2D eigenvalue weighted by molar-refractivity contribution is 6.30. The highest BCUT2D eigenvalue weighted by atomic mass is 35.5. The zero-order valence-corrected chi connectivity index (χ0v) is 16.5. The van der Waals surface area contributed by atoms with Gasteiger partial charge in [-0.3, -0.25) is 9.69 Å². The van der Waals surface area contributed by atoms with Gasteiger partial charge in [0.15, 0.2) is 0 Å². The summed E-state index contributed by atoms with van der Waals surface area (Å²) in [5.41, 5.74) is 2.32. The first-order valence-electron chi connectivity index (χ1n) is 9.52. The second kappa shape index (κ2) is 9.88. The molecule has 0 N–H and O–H groups in total. The number of halogens is 1. The molecule has 1 saturated heterocycles. The van der Waals surface area contributed by atoms with Gasteiger partial charge in [-0.1, -0.05) is 60.7 Å². The van der Waals surface area contributed by atoms with E-state index in [2.05, 4.69) is 29.2 Å². The SMILES string of the molecule is CC(Cl)C(=O)N1CCN(CCOC(c2ccccc2)c2ccccc2)CC1. The van der Waals surface area contributed by atoms with Crippen LogP contribution in [0.25, 0.3) is 0 Å². The van der Waals surface area contributed by atoms with Gasteiger partial charge in [-0.2, -0.15) is 0 Å². The monoisotopic (exact) mass is 386 g/mol. The Morgan fingerprint density at radius 2 is 1.48 bits per heavy atom. The zero-order valence-electron chi connectivity index (χ0n) is 15.8. The first kappa shape index (κ1) is 19.9. The van der Waals surface area contributed by atoms with Crippen LogP contribution >= 0.6 is 11.6 Å². The lowest BCUT2D eigenvalue weighted by atomic mass is 10.0. The van der Waals surface area contributed by atoms with Gasteiger partial charge < -0.3 is 9.64 Å². The lowest BCUT2D eigenvalue weighted by molar-refractivity contribution is -0.132. The van der Waals surface area contributed by atoms with Crippen LogP contribution in [0.1, 0.15) is 24.2 Å². The Morgan fingerprint density at radius 1 is 0.963 bits per heavy atom. The van der Waals surface area contributed by atoms with Gasteiger partial charge in [-0.25, -0.2) is 0 Å². The van der Waals surface area contributed by atoms with Crippen molar-refractivity contribution in [1.82, 2.24) is 9.80 Å². The summed E-state index contributed by atoms with van der Waals surface area (Å²) in [5.74, 6) is 0.0285. The van der Waals surface area contributed by atoms with Crippen molar-refractivity contribution >= 4 is 17.5 Å². The third kappa shape index (κ3) is 5.55. The highest BCUT2D eigenvalue weighted by Crippen LogP contribution is 2.25. The summed E-state index contributed by atoms with van der Waals surface area (Å²) in [7, 11) is 0. The normalized spacial score (nSPS) is 16.5. The number of alkyl halides is 1. The van der Waals surface area contributed by atoms with Gasteiger partial charge in [0.1, 0.15) is 11.5 Å². The van der Waals surface area contributed by atoms with Crippen LogP contribution in [0.4, 0.5) is 0 Å². The molecule has 3 rings (SSSR count). The number of carbonyl (C=O) groups is 1. The van der Waals surface area contributed by atoms with Gasteiger partial charge in [-0.15, -0.1) is 11.6 Å². The van der Waals surface area contributed by atoms with Gasteiger partial charge in [-0.05, 0) is 18.1 Å². The molecule has 1 amide bonds. The smallest absolute Gasteiger partial charge is 0.240 e. The van der Waals surface area contributed by atoms with Crippen LogP contribution in [0.3, 0.4) is 0 Å². The second-order valence-corrected chi connectivity index (χ2v) is 7.51. The first-order valence-corrected chi connectivity index (χ1v) is 9.95. The van der Waals surface area contributed by atoms with E-state index in [1.165, 1.54) is 0 Å². The third-order valence-corrected chi connectivity index (χ3v) is 5.11. The number of nitrogens with zero attached hydrogens (tertiary/aromatic N) is 2. The van der Waals surface area contributed by atoms with Crippen molar-refractivity contribution in [2.75, 3.05) is 39.3 Å². The second-order valence-electron chi connectivity index (χ2n) is 6.86. The molecule has 5 heteroatoms. The van der Waals surface area contributed by atoms with E-state index in [4.69, 9.17) is 16.3 Å². The fourth-order valence-electron chi connectivity index (χ4n) is 3.38. The van der Waals surface area contributed by atoms with Crippen molar-refractivity contribution in [2.45, 2.75) is 18.4 Å². The van der Waals surface area contributed by atoms with Crippen LogP contribution in [-0.2, 0) is 9.53 Å². The van der Waals surface area contributed by atoms with Crippen molar-refractivity contribution in [3.8, 4) is 0 Å². The van der Waals surface area contributed by atoms with Gasteiger partial charge >= 0.3 is 0 Å². The Bertz CT molecular complexity index is 661. The highest BCUT2D eigenvalue weighted by Gasteiger charge is 2.24. The molecule has 1 aliphatic heterocycles. The maximum Gasteiger partial charge on any atom is 0.240 e.